The molecule has 0 aromatic heterocycles. The lowest BCUT2D eigenvalue weighted by Gasteiger charge is -2.25. The largest absolute Gasteiger partial charge is 0.322 e. The third kappa shape index (κ3) is 4.72. The molecule has 6 rings (SSSR count). The standard InChI is InChI=1S/C31H24BrN3O5S/c1-19-15-21-8-2-5-12-27(21)35(19)41(39,40)28-17-22(13-14-26(28)32)29(36)33-23-9-6-7-20(16-23)18-34-30(37)24-10-3-4-11-25(24)31(34)38/h2-14,16-17,19H,15,18H2,1H3,(H,33,36). The minimum absolute atomic E-state index is 0.00641. The summed E-state index contributed by atoms with van der Waals surface area (Å²) in [4.78, 5) is 39.9. The van der Waals surface area contributed by atoms with Gasteiger partial charge < -0.3 is 5.32 Å². The fourth-order valence-electron chi connectivity index (χ4n) is 5.37. The first-order chi connectivity index (χ1) is 19.6. The Bertz CT molecular complexity index is 1820. The van der Waals surface area contributed by atoms with Crippen molar-refractivity contribution in [2.45, 2.75) is 30.8 Å². The van der Waals surface area contributed by atoms with Crippen molar-refractivity contribution >= 4 is 55.0 Å². The van der Waals surface area contributed by atoms with Gasteiger partial charge in [0.05, 0.1) is 23.4 Å². The predicted octanol–water partition coefficient (Wildman–Crippen LogP) is 5.64. The maximum atomic E-state index is 13.8. The monoisotopic (exact) mass is 629 g/mol. The smallest absolute Gasteiger partial charge is 0.265 e. The van der Waals surface area contributed by atoms with E-state index in [0.717, 1.165) is 5.56 Å². The maximum absolute atomic E-state index is 13.8. The molecule has 1 unspecified atom stereocenters. The number of hydrogen-bond donors (Lipinski definition) is 1. The van der Waals surface area contributed by atoms with E-state index in [9.17, 15) is 22.8 Å². The van der Waals surface area contributed by atoms with Crippen LogP contribution in [0.4, 0.5) is 11.4 Å². The number of nitrogens with one attached hydrogen (secondary N) is 1. The van der Waals surface area contributed by atoms with Crippen LogP contribution in [0.1, 0.15) is 49.1 Å². The molecule has 4 aromatic rings. The summed E-state index contributed by atoms with van der Waals surface area (Å²) in [6, 6.07) is 25.1. The van der Waals surface area contributed by atoms with Crippen LogP contribution in [0.25, 0.3) is 0 Å². The van der Waals surface area contributed by atoms with E-state index in [1.54, 1.807) is 72.8 Å². The van der Waals surface area contributed by atoms with Crippen LogP contribution in [-0.2, 0) is 23.0 Å². The normalized spacial score (nSPS) is 16.1. The molecule has 2 heterocycles. The van der Waals surface area contributed by atoms with Crippen LogP contribution in [0.3, 0.4) is 0 Å². The average molecular weight is 631 g/mol. The van der Waals surface area contributed by atoms with Crippen LogP contribution in [0.5, 0.6) is 0 Å². The highest BCUT2D eigenvalue weighted by Crippen LogP contribution is 2.38. The summed E-state index contributed by atoms with van der Waals surface area (Å²) in [5, 5.41) is 2.80. The molecule has 0 saturated carbocycles. The minimum atomic E-state index is -3.98. The highest BCUT2D eigenvalue weighted by Gasteiger charge is 2.37. The SMILES string of the molecule is CC1Cc2ccccc2N1S(=O)(=O)c1cc(C(=O)Nc2cccc(CN3C(=O)c4ccccc4C3=O)c2)ccc1Br. The van der Waals surface area contributed by atoms with Crippen LogP contribution in [0.2, 0.25) is 0 Å². The third-order valence-corrected chi connectivity index (χ3v) is 10.2. The Hall–Kier alpha value is -4.28. The minimum Gasteiger partial charge on any atom is -0.322 e. The zero-order valence-electron chi connectivity index (χ0n) is 21.9. The van der Waals surface area contributed by atoms with Crippen LogP contribution in [0, 0.1) is 0 Å². The maximum Gasteiger partial charge on any atom is 0.265 e. The molecule has 0 aliphatic carbocycles. The van der Waals surface area contributed by atoms with Gasteiger partial charge in [0.2, 0.25) is 0 Å². The van der Waals surface area contributed by atoms with Crippen molar-refractivity contribution in [3.8, 4) is 0 Å². The summed E-state index contributed by atoms with van der Waals surface area (Å²) in [7, 11) is -3.98. The quantitative estimate of drug-likeness (QED) is 0.278. The van der Waals surface area contributed by atoms with E-state index in [4.69, 9.17) is 0 Å². The molecular formula is C31H24BrN3O5S. The lowest BCUT2D eigenvalue weighted by Crippen LogP contribution is -2.36. The first-order valence-corrected chi connectivity index (χ1v) is 15.2. The van der Waals surface area contributed by atoms with Crippen LogP contribution in [0.15, 0.2) is 100 Å². The lowest BCUT2D eigenvalue weighted by molar-refractivity contribution is 0.0642. The zero-order valence-corrected chi connectivity index (χ0v) is 24.3. The van der Waals surface area contributed by atoms with E-state index in [-0.39, 0.29) is 34.9 Å². The fourth-order valence-corrected chi connectivity index (χ4v) is 8.02. The molecule has 1 N–H and O–H groups in total. The van der Waals surface area contributed by atoms with Gasteiger partial charge >= 0.3 is 0 Å². The first kappa shape index (κ1) is 26.9. The second kappa shape index (κ2) is 10.3. The number of rotatable bonds is 6. The number of amides is 3. The van der Waals surface area contributed by atoms with E-state index in [0.29, 0.717) is 39.0 Å². The molecule has 0 radical (unpaired) electrons. The highest BCUT2D eigenvalue weighted by molar-refractivity contribution is 9.10. The van der Waals surface area contributed by atoms with Crippen molar-refractivity contribution in [1.29, 1.82) is 0 Å². The van der Waals surface area contributed by atoms with Gasteiger partial charge in [-0.3, -0.25) is 23.6 Å². The van der Waals surface area contributed by atoms with Gasteiger partial charge in [0.25, 0.3) is 27.7 Å². The second-order valence-corrected chi connectivity index (χ2v) is 12.7. The number of sulfonamides is 1. The number of hydrogen-bond acceptors (Lipinski definition) is 5. The van der Waals surface area contributed by atoms with E-state index in [2.05, 4.69) is 21.2 Å². The van der Waals surface area contributed by atoms with Crippen LogP contribution in [-0.4, -0.2) is 37.1 Å². The van der Waals surface area contributed by atoms with Gasteiger partial charge in [0.15, 0.2) is 0 Å². The van der Waals surface area contributed by atoms with Gasteiger partial charge in [0.1, 0.15) is 4.90 Å². The average Bonchev–Trinajstić information content (AvgIpc) is 3.42. The molecule has 0 spiro atoms. The molecule has 0 saturated heterocycles. The Morgan fingerprint density at radius 3 is 2.32 bits per heavy atom. The Kier molecular flexibility index (Phi) is 6.75. The van der Waals surface area contributed by atoms with Gasteiger partial charge in [-0.25, -0.2) is 8.42 Å². The van der Waals surface area contributed by atoms with Crippen molar-refractivity contribution in [1.82, 2.24) is 4.90 Å². The summed E-state index contributed by atoms with van der Waals surface area (Å²) in [5.74, 6) is -1.22. The topological polar surface area (TPSA) is 104 Å². The molecule has 41 heavy (non-hydrogen) atoms. The van der Waals surface area contributed by atoms with Gasteiger partial charge in [-0.15, -0.1) is 0 Å². The predicted molar refractivity (Wildman–Crippen MR) is 158 cm³/mol. The molecule has 8 nitrogen and oxygen atoms in total. The molecule has 206 valence electrons. The van der Waals surface area contributed by atoms with Gasteiger partial charge in [-0.05, 0) is 88.9 Å². The molecule has 1 atom stereocenters. The molecule has 0 bridgehead atoms. The van der Waals surface area contributed by atoms with Crippen molar-refractivity contribution < 1.29 is 22.8 Å². The summed E-state index contributed by atoms with van der Waals surface area (Å²) >= 11 is 3.36. The number of anilines is 2. The Morgan fingerprint density at radius 2 is 1.59 bits per heavy atom. The zero-order chi connectivity index (χ0) is 28.9. The Balaban J connectivity index is 1.23. The summed E-state index contributed by atoms with van der Waals surface area (Å²) in [6.07, 6.45) is 0.601. The molecule has 4 aromatic carbocycles. The van der Waals surface area contributed by atoms with Gasteiger partial charge in [0, 0.05) is 21.8 Å². The molecule has 3 amide bonds. The highest BCUT2D eigenvalue weighted by atomic mass is 79.9. The number of benzene rings is 4. The first-order valence-electron chi connectivity index (χ1n) is 12.9. The number of carbonyl (C=O) groups excluding carboxylic acids is 3. The van der Waals surface area contributed by atoms with Crippen molar-refractivity contribution in [2.75, 3.05) is 9.62 Å². The van der Waals surface area contributed by atoms with Crippen molar-refractivity contribution in [3.05, 3.63) is 123 Å². The Labute approximate surface area is 245 Å². The van der Waals surface area contributed by atoms with E-state index >= 15 is 0 Å². The lowest BCUT2D eigenvalue weighted by atomic mass is 10.1. The van der Waals surface area contributed by atoms with E-state index in [1.165, 1.54) is 15.3 Å². The number of carbonyl (C=O) groups is 3. The van der Waals surface area contributed by atoms with Gasteiger partial charge in [-0.1, -0.05) is 42.5 Å². The number of halogens is 1. The summed E-state index contributed by atoms with van der Waals surface area (Å²) in [5.41, 5.74) is 3.59. The van der Waals surface area contributed by atoms with E-state index < -0.39 is 15.9 Å². The van der Waals surface area contributed by atoms with Crippen LogP contribution < -0.4 is 9.62 Å². The number of imide groups is 1. The molecule has 0 fully saturated rings. The number of fused-ring (bicyclic) bond motifs is 2. The summed E-state index contributed by atoms with van der Waals surface area (Å²) in [6.45, 7) is 1.91. The van der Waals surface area contributed by atoms with Crippen molar-refractivity contribution in [2.24, 2.45) is 0 Å². The third-order valence-electron chi connectivity index (χ3n) is 7.28. The van der Waals surface area contributed by atoms with E-state index in [1.807, 2.05) is 19.1 Å². The molecular weight excluding hydrogens is 606 g/mol. The fraction of sp³-hybridized carbons (Fsp3) is 0.129. The number of nitrogens with zero attached hydrogens (tertiary/aromatic N) is 2. The van der Waals surface area contributed by atoms with Crippen molar-refractivity contribution in [3.63, 3.8) is 0 Å². The number of para-hydroxylation sites is 1. The second-order valence-electron chi connectivity index (χ2n) is 10.0. The van der Waals surface area contributed by atoms with Gasteiger partial charge in [-0.2, -0.15) is 0 Å². The molecule has 2 aliphatic heterocycles. The molecule has 10 heteroatoms. The Morgan fingerprint density at radius 1 is 0.902 bits per heavy atom. The van der Waals surface area contributed by atoms with Crippen LogP contribution >= 0.6 is 15.9 Å². The summed E-state index contributed by atoms with van der Waals surface area (Å²) < 4.78 is 29.4. The molecule has 2 aliphatic rings.